The molecule has 120 valence electrons. The molecule has 0 radical (unpaired) electrons. The molecule has 0 fully saturated rings. The summed E-state index contributed by atoms with van der Waals surface area (Å²) in [7, 11) is 0. The maximum atomic E-state index is 12.5. The molecule has 0 bridgehead atoms. The zero-order valence-electron chi connectivity index (χ0n) is 11.6. The Hall–Kier alpha value is -1.78. The number of alkyl halides is 4. The van der Waals surface area contributed by atoms with Crippen LogP contribution in [0.15, 0.2) is 0 Å². The van der Waals surface area contributed by atoms with Crippen LogP contribution in [0.5, 0.6) is 0 Å². The second kappa shape index (κ2) is 9.21. The van der Waals surface area contributed by atoms with Crippen LogP contribution in [0, 0.1) is 11.8 Å². The first-order valence-electron chi connectivity index (χ1n) is 6.16. The maximum absolute atomic E-state index is 12.5. The third-order valence-corrected chi connectivity index (χ3v) is 2.23. The lowest BCUT2D eigenvalue weighted by Gasteiger charge is -2.15. The average Bonchev–Trinajstić information content (AvgIpc) is 2.42. The van der Waals surface area contributed by atoms with Crippen molar-refractivity contribution in [3.63, 3.8) is 0 Å². The number of halogens is 4. The quantitative estimate of drug-likeness (QED) is 0.393. The van der Waals surface area contributed by atoms with Gasteiger partial charge in [0.2, 0.25) is 0 Å². The van der Waals surface area contributed by atoms with Gasteiger partial charge in [-0.2, -0.15) is 8.78 Å². The van der Waals surface area contributed by atoms with Crippen molar-refractivity contribution in [3.8, 4) is 11.8 Å². The number of ether oxygens (including phenoxy) is 2. The van der Waals surface area contributed by atoms with Crippen molar-refractivity contribution in [2.75, 3.05) is 6.61 Å². The van der Waals surface area contributed by atoms with Gasteiger partial charge >= 0.3 is 24.3 Å². The lowest BCUT2D eigenvalue weighted by atomic mass is 10.2. The van der Waals surface area contributed by atoms with Crippen molar-refractivity contribution in [1.29, 1.82) is 0 Å². The summed E-state index contributed by atoms with van der Waals surface area (Å²) >= 11 is 0. The van der Waals surface area contributed by atoms with Crippen molar-refractivity contribution in [3.05, 3.63) is 0 Å². The SMILES string of the molecule is CC#CC(CC)OC(=O)CCC(=O)OCC(F)(F)C(F)F. The van der Waals surface area contributed by atoms with Gasteiger partial charge in [-0.1, -0.05) is 12.8 Å². The summed E-state index contributed by atoms with van der Waals surface area (Å²) in [6.45, 7) is 1.58. The molecule has 0 aromatic heterocycles. The smallest absolute Gasteiger partial charge is 0.340 e. The summed E-state index contributed by atoms with van der Waals surface area (Å²) in [4.78, 5) is 22.4. The van der Waals surface area contributed by atoms with E-state index in [-0.39, 0.29) is 0 Å². The molecular formula is C13H16F4O4. The minimum atomic E-state index is -4.40. The highest BCUT2D eigenvalue weighted by molar-refractivity contribution is 5.77. The van der Waals surface area contributed by atoms with Crippen LogP contribution in [-0.2, 0) is 19.1 Å². The second-order valence-electron chi connectivity index (χ2n) is 4.00. The standard InChI is InChI=1S/C13H16F4O4/c1-3-5-9(4-2)21-11(19)7-6-10(18)20-8-13(16,17)12(14)15/h9,12H,4,6-8H2,1-2H3. The fraction of sp³-hybridized carbons (Fsp3) is 0.692. The number of esters is 2. The van der Waals surface area contributed by atoms with E-state index in [4.69, 9.17) is 4.74 Å². The summed E-state index contributed by atoms with van der Waals surface area (Å²) in [6, 6.07) is 0. The molecule has 21 heavy (non-hydrogen) atoms. The van der Waals surface area contributed by atoms with Gasteiger partial charge in [-0.25, -0.2) is 8.78 Å². The molecule has 8 heteroatoms. The Labute approximate surface area is 119 Å². The number of carbonyl (C=O) groups excluding carboxylic acids is 2. The molecule has 4 nitrogen and oxygen atoms in total. The minimum Gasteiger partial charge on any atom is -0.459 e. The van der Waals surface area contributed by atoms with Gasteiger partial charge in [0.05, 0.1) is 12.8 Å². The molecule has 1 unspecified atom stereocenters. The largest absolute Gasteiger partial charge is 0.459 e. The minimum absolute atomic E-state index is 0.402. The third kappa shape index (κ3) is 8.17. The summed E-state index contributed by atoms with van der Waals surface area (Å²) < 4.78 is 57.4. The molecule has 1 atom stereocenters. The first-order chi connectivity index (χ1) is 9.72. The molecule has 0 spiro atoms. The molecule has 0 amide bonds. The molecule has 0 aliphatic heterocycles. The van der Waals surface area contributed by atoms with Crippen LogP contribution in [0.1, 0.15) is 33.1 Å². The molecule has 0 rings (SSSR count). The van der Waals surface area contributed by atoms with Crippen molar-refractivity contribution >= 4 is 11.9 Å². The molecule has 0 N–H and O–H groups in total. The van der Waals surface area contributed by atoms with Gasteiger partial charge in [0, 0.05) is 0 Å². The van der Waals surface area contributed by atoms with Crippen LogP contribution in [0.2, 0.25) is 0 Å². The first kappa shape index (κ1) is 19.2. The Kier molecular flexibility index (Phi) is 8.43. The molecule has 0 aromatic rings. The molecule has 0 saturated heterocycles. The van der Waals surface area contributed by atoms with Crippen molar-refractivity contribution in [1.82, 2.24) is 0 Å². The highest BCUT2D eigenvalue weighted by Gasteiger charge is 2.42. The molecular weight excluding hydrogens is 296 g/mol. The van der Waals surface area contributed by atoms with Crippen LogP contribution >= 0.6 is 0 Å². The van der Waals surface area contributed by atoms with Crippen LogP contribution in [0.4, 0.5) is 17.6 Å². The summed E-state index contributed by atoms with van der Waals surface area (Å²) in [5.74, 6) is -1.15. The average molecular weight is 312 g/mol. The monoisotopic (exact) mass is 312 g/mol. The Morgan fingerprint density at radius 1 is 1.19 bits per heavy atom. The van der Waals surface area contributed by atoms with Gasteiger partial charge < -0.3 is 9.47 Å². The number of rotatable bonds is 8. The van der Waals surface area contributed by atoms with Crippen molar-refractivity contribution < 1.29 is 36.6 Å². The number of hydrogen-bond acceptors (Lipinski definition) is 4. The second-order valence-corrected chi connectivity index (χ2v) is 4.00. The van der Waals surface area contributed by atoms with E-state index in [0.717, 1.165) is 0 Å². The van der Waals surface area contributed by atoms with E-state index in [1.54, 1.807) is 13.8 Å². The fourth-order valence-electron chi connectivity index (χ4n) is 1.11. The topological polar surface area (TPSA) is 52.6 Å². The van der Waals surface area contributed by atoms with Crippen LogP contribution in [-0.4, -0.2) is 37.0 Å². The predicted molar refractivity (Wildman–Crippen MR) is 64.8 cm³/mol. The fourth-order valence-corrected chi connectivity index (χ4v) is 1.11. The Bertz CT molecular complexity index is 412. The Morgan fingerprint density at radius 2 is 1.76 bits per heavy atom. The van der Waals surface area contributed by atoms with Crippen LogP contribution in [0.3, 0.4) is 0 Å². The van der Waals surface area contributed by atoms with E-state index in [9.17, 15) is 27.2 Å². The molecule has 0 aromatic carbocycles. The van der Waals surface area contributed by atoms with Gasteiger partial charge in [-0.3, -0.25) is 9.59 Å². The highest BCUT2D eigenvalue weighted by Crippen LogP contribution is 2.23. The van der Waals surface area contributed by atoms with E-state index in [2.05, 4.69) is 16.6 Å². The van der Waals surface area contributed by atoms with Gasteiger partial charge in [0.25, 0.3) is 0 Å². The van der Waals surface area contributed by atoms with E-state index in [1.807, 2.05) is 0 Å². The van der Waals surface area contributed by atoms with Gasteiger partial charge in [0.15, 0.2) is 12.7 Å². The lowest BCUT2D eigenvalue weighted by Crippen LogP contribution is -2.33. The number of carbonyl (C=O) groups is 2. The Balaban J connectivity index is 4.08. The lowest BCUT2D eigenvalue weighted by molar-refractivity contribution is -0.180. The first-order valence-corrected chi connectivity index (χ1v) is 6.16. The zero-order chi connectivity index (χ0) is 16.5. The normalized spacial score (nSPS) is 12.3. The molecule has 0 aliphatic carbocycles. The third-order valence-electron chi connectivity index (χ3n) is 2.23. The van der Waals surface area contributed by atoms with Gasteiger partial charge in [-0.05, 0) is 13.3 Å². The summed E-state index contributed by atoms with van der Waals surface area (Å²) in [5.41, 5.74) is 0. The van der Waals surface area contributed by atoms with E-state index < -0.39 is 49.8 Å². The highest BCUT2D eigenvalue weighted by atomic mass is 19.3. The predicted octanol–water partition coefficient (Wildman–Crippen LogP) is 2.56. The summed E-state index contributed by atoms with van der Waals surface area (Å²) in [5, 5.41) is 0. The van der Waals surface area contributed by atoms with Crippen molar-refractivity contribution in [2.24, 2.45) is 0 Å². The Morgan fingerprint density at radius 3 is 2.24 bits per heavy atom. The number of hydrogen-bond donors (Lipinski definition) is 0. The molecule has 0 aliphatic rings. The molecule has 0 heterocycles. The summed E-state index contributed by atoms with van der Waals surface area (Å²) in [6.07, 6.45) is -5.01. The van der Waals surface area contributed by atoms with E-state index in [0.29, 0.717) is 6.42 Å². The zero-order valence-corrected chi connectivity index (χ0v) is 11.6. The van der Waals surface area contributed by atoms with Crippen LogP contribution in [0.25, 0.3) is 0 Å². The van der Waals surface area contributed by atoms with E-state index >= 15 is 0 Å². The molecule has 0 saturated carbocycles. The maximum Gasteiger partial charge on any atom is 0.340 e. The van der Waals surface area contributed by atoms with Crippen molar-refractivity contribution in [2.45, 2.75) is 51.6 Å². The van der Waals surface area contributed by atoms with Crippen LogP contribution < -0.4 is 0 Å². The van der Waals surface area contributed by atoms with Gasteiger partial charge in [0.1, 0.15) is 0 Å². The van der Waals surface area contributed by atoms with Gasteiger partial charge in [-0.15, -0.1) is 5.92 Å². The van der Waals surface area contributed by atoms with E-state index in [1.165, 1.54) is 0 Å².